The number of hydrogen-bond acceptors (Lipinski definition) is 3. The fraction of sp³-hybridized carbons (Fsp3) is 0.222. The minimum atomic E-state index is 0.459. The Morgan fingerprint density at radius 3 is 2.61 bits per heavy atom. The zero-order chi connectivity index (χ0) is 16.2. The molecule has 3 aromatic rings. The average Bonchev–Trinajstić information content (AvgIpc) is 2.87. The number of aromatic nitrogens is 2. The Balaban J connectivity index is 1.93. The van der Waals surface area contributed by atoms with E-state index in [1.807, 2.05) is 43.3 Å². The number of ether oxygens (including phenoxy) is 1. The molecule has 2 N–H and O–H groups in total. The van der Waals surface area contributed by atoms with Crippen molar-refractivity contribution in [2.45, 2.75) is 19.9 Å². The molecule has 3 rings (SSSR count). The second-order valence-corrected chi connectivity index (χ2v) is 5.85. The molecule has 5 heteroatoms. The van der Waals surface area contributed by atoms with Gasteiger partial charge < -0.3 is 15.0 Å². The summed E-state index contributed by atoms with van der Waals surface area (Å²) in [5.74, 6) is 1.84. The highest BCUT2D eigenvalue weighted by atomic mass is 32.1. The van der Waals surface area contributed by atoms with Crippen molar-refractivity contribution >= 4 is 28.2 Å². The molecule has 0 aliphatic rings. The van der Waals surface area contributed by atoms with E-state index < -0.39 is 0 Å². The van der Waals surface area contributed by atoms with E-state index in [1.165, 1.54) is 5.56 Å². The molecule has 0 fully saturated rings. The molecule has 1 heterocycles. The number of benzene rings is 2. The number of nitrogens with two attached hydrogens (primary N) is 1. The summed E-state index contributed by atoms with van der Waals surface area (Å²) in [4.78, 5) is 5.20. The lowest BCUT2D eigenvalue weighted by Gasteiger charge is -2.09. The zero-order valence-corrected chi connectivity index (χ0v) is 13.8. The first-order valence-corrected chi connectivity index (χ1v) is 8.02. The standard InChI is InChI=1S/C18H19N3OS/c1-2-22-14-9-7-13(8-10-14)11-18-20-15-5-3-4-6-16(15)21(18)12-17(19)23/h3-10H,2,11-12H2,1H3,(H2,19,23). The molecule has 23 heavy (non-hydrogen) atoms. The Labute approximate surface area is 140 Å². The Morgan fingerprint density at radius 1 is 1.17 bits per heavy atom. The van der Waals surface area contributed by atoms with E-state index in [-0.39, 0.29) is 0 Å². The van der Waals surface area contributed by atoms with Gasteiger partial charge in [-0.05, 0) is 36.8 Å². The molecular weight excluding hydrogens is 306 g/mol. The van der Waals surface area contributed by atoms with E-state index in [9.17, 15) is 0 Å². The van der Waals surface area contributed by atoms with Crippen molar-refractivity contribution < 1.29 is 4.74 Å². The number of hydrogen-bond donors (Lipinski definition) is 1. The maximum atomic E-state index is 5.76. The predicted octanol–water partition coefficient (Wildman–Crippen LogP) is 3.31. The first-order valence-electron chi connectivity index (χ1n) is 7.61. The summed E-state index contributed by atoms with van der Waals surface area (Å²) in [7, 11) is 0. The molecule has 0 aliphatic heterocycles. The predicted molar refractivity (Wildman–Crippen MR) is 96.9 cm³/mol. The average molecular weight is 325 g/mol. The quantitative estimate of drug-likeness (QED) is 0.707. The Hall–Kier alpha value is -2.40. The zero-order valence-electron chi connectivity index (χ0n) is 13.0. The van der Waals surface area contributed by atoms with Gasteiger partial charge in [0.15, 0.2) is 0 Å². The number of nitrogens with zero attached hydrogens (tertiary/aromatic N) is 2. The van der Waals surface area contributed by atoms with Gasteiger partial charge in [0, 0.05) is 6.42 Å². The fourth-order valence-electron chi connectivity index (χ4n) is 2.65. The molecule has 0 radical (unpaired) electrons. The highest BCUT2D eigenvalue weighted by Gasteiger charge is 2.11. The van der Waals surface area contributed by atoms with Gasteiger partial charge in [0.05, 0.1) is 29.2 Å². The molecule has 0 aliphatic carbocycles. The van der Waals surface area contributed by atoms with Crippen molar-refractivity contribution in [2.75, 3.05) is 6.61 Å². The first kappa shape index (κ1) is 15.5. The normalized spacial score (nSPS) is 10.8. The highest BCUT2D eigenvalue weighted by molar-refractivity contribution is 7.80. The van der Waals surface area contributed by atoms with E-state index in [4.69, 9.17) is 27.7 Å². The lowest BCUT2D eigenvalue weighted by molar-refractivity contribution is 0.340. The summed E-state index contributed by atoms with van der Waals surface area (Å²) in [6.45, 7) is 3.15. The van der Waals surface area contributed by atoms with Crippen molar-refractivity contribution in [2.24, 2.45) is 5.73 Å². The maximum Gasteiger partial charge on any atom is 0.119 e. The van der Waals surface area contributed by atoms with E-state index in [1.54, 1.807) is 0 Å². The van der Waals surface area contributed by atoms with Crippen LogP contribution in [0.15, 0.2) is 48.5 Å². The minimum absolute atomic E-state index is 0.459. The Bertz CT molecular complexity index is 824. The number of para-hydroxylation sites is 2. The van der Waals surface area contributed by atoms with Gasteiger partial charge in [0.25, 0.3) is 0 Å². The number of imidazole rings is 1. The third-order valence-electron chi connectivity index (χ3n) is 3.64. The second kappa shape index (κ2) is 6.79. The molecule has 0 saturated heterocycles. The van der Waals surface area contributed by atoms with Crippen molar-refractivity contribution in [3.8, 4) is 5.75 Å². The fourth-order valence-corrected chi connectivity index (χ4v) is 2.77. The molecule has 4 nitrogen and oxygen atoms in total. The van der Waals surface area contributed by atoms with E-state index in [0.717, 1.165) is 29.0 Å². The molecule has 0 saturated carbocycles. The third kappa shape index (κ3) is 3.51. The maximum absolute atomic E-state index is 5.76. The third-order valence-corrected chi connectivity index (χ3v) is 3.77. The number of fused-ring (bicyclic) bond motifs is 1. The molecule has 0 bridgehead atoms. The second-order valence-electron chi connectivity index (χ2n) is 5.32. The van der Waals surface area contributed by atoms with Gasteiger partial charge in [-0.1, -0.05) is 36.5 Å². The van der Waals surface area contributed by atoms with Crippen molar-refractivity contribution in [3.63, 3.8) is 0 Å². The van der Waals surface area contributed by atoms with E-state index >= 15 is 0 Å². The summed E-state index contributed by atoms with van der Waals surface area (Å²) < 4.78 is 7.57. The summed E-state index contributed by atoms with van der Waals surface area (Å²) in [5.41, 5.74) is 8.95. The molecule has 0 atom stereocenters. The summed E-state index contributed by atoms with van der Waals surface area (Å²) in [5, 5.41) is 0. The van der Waals surface area contributed by atoms with Crippen LogP contribution < -0.4 is 10.5 Å². The van der Waals surface area contributed by atoms with Crippen LogP contribution in [0, 0.1) is 0 Å². The molecule has 2 aromatic carbocycles. The van der Waals surface area contributed by atoms with Gasteiger partial charge in [0.1, 0.15) is 11.6 Å². The first-order chi connectivity index (χ1) is 11.2. The topological polar surface area (TPSA) is 53.1 Å². The SMILES string of the molecule is CCOc1ccc(Cc2nc3ccccc3n2CC(N)=S)cc1. The van der Waals surface area contributed by atoms with Crippen molar-refractivity contribution in [1.82, 2.24) is 9.55 Å². The van der Waals surface area contributed by atoms with Crippen LogP contribution in [0.2, 0.25) is 0 Å². The molecule has 0 amide bonds. The summed E-state index contributed by atoms with van der Waals surface area (Å²) >= 11 is 5.09. The van der Waals surface area contributed by atoms with Crippen LogP contribution in [-0.4, -0.2) is 21.1 Å². The lowest BCUT2D eigenvalue weighted by atomic mass is 10.1. The van der Waals surface area contributed by atoms with Crippen molar-refractivity contribution in [3.05, 3.63) is 59.9 Å². The molecule has 0 unspecified atom stereocenters. The van der Waals surface area contributed by atoms with Crippen LogP contribution in [0.4, 0.5) is 0 Å². The van der Waals surface area contributed by atoms with Crippen LogP contribution >= 0.6 is 12.2 Å². The number of rotatable bonds is 6. The lowest BCUT2D eigenvalue weighted by Crippen LogP contribution is -2.18. The van der Waals surface area contributed by atoms with Gasteiger partial charge >= 0.3 is 0 Å². The van der Waals surface area contributed by atoms with Crippen LogP contribution in [-0.2, 0) is 13.0 Å². The smallest absolute Gasteiger partial charge is 0.119 e. The Morgan fingerprint density at radius 2 is 1.91 bits per heavy atom. The van der Waals surface area contributed by atoms with Crippen molar-refractivity contribution in [1.29, 1.82) is 0 Å². The van der Waals surface area contributed by atoms with Crippen LogP contribution in [0.25, 0.3) is 11.0 Å². The molecule has 1 aromatic heterocycles. The monoisotopic (exact) mass is 325 g/mol. The highest BCUT2D eigenvalue weighted by Crippen LogP contribution is 2.20. The molecular formula is C18H19N3OS. The van der Waals surface area contributed by atoms with Gasteiger partial charge in [-0.3, -0.25) is 0 Å². The van der Waals surface area contributed by atoms with Crippen LogP contribution in [0.1, 0.15) is 18.3 Å². The molecule has 0 spiro atoms. The Kier molecular flexibility index (Phi) is 4.57. The van der Waals surface area contributed by atoms with Crippen LogP contribution in [0.3, 0.4) is 0 Å². The minimum Gasteiger partial charge on any atom is -0.494 e. The van der Waals surface area contributed by atoms with Gasteiger partial charge in [0.2, 0.25) is 0 Å². The largest absolute Gasteiger partial charge is 0.494 e. The van der Waals surface area contributed by atoms with E-state index in [2.05, 4.69) is 16.7 Å². The van der Waals surface area contributed by atoms with Gasteiger partial charge in [-0.15, -0.1) is 0 Å². The van der Waals surface area contributed by atoms with Gasteiger partial charge in [-0.25, -0.2) is 4.98 Å². The summed E-state index contributed by atoms with van der Waals surface area (Å²) in [6.07, 6.45) is 0.726. The number of thiocarbonyl (C=S) groups is 1. The van der Waals surface area contributed by atoms with Crippen LogP contribution in [0.5, 0.6) is 5.75 Å². The van der Waals surface area contributed by atoms with Gasteiger partial charge in [-0.2, -0.15) is 0 Å². The molecule has 118 valence electrons. The summed E-state index contributed by atoms with van der Waals surface area (Å²) in [6, 6.07) is 16.1. The van der Waals surface area contributed by atoms with E-state index in [0.29, 0.717) is 18.1 Å².